The van der Waals surface area contributed by atoms with Crippen LogP contribution >= 0.6 is 0 Å². The maximum Gasteiger partial charge on any atom is 0.0786 e. The number of H-pyrrole nitrogens is 1. The molecule has 1 saturated heterocycles. The average molecular weight is 192 g/mol. The van der Waals surface area contributed by atoms with E-state index in [4.69, 9.17) is 0 Å². The van der Waals surface area contributed by atoms with Gasteiger partial charge in [-0.25, -0.2) is 0 Å². The van der Waals surface area contributed by atoms with Gasteiger partial charge in [-0.15, -0.1) is 0 Å². The molecule has 4 heteroatoms. The summed E-state index contributed by atoms with van der Waals surface area (Å²) in [6, 6.07) is 0. The smallest absolute Gasteiger partial charge is 0.0786 e. The van der Waals surface area contributed by atoms with Gasteiger partial charge in [-0.1, -0.05) is 0 Å². The van der Waals surface area contributed by atoms with E-state index in [1.54, 1.807) is 0 Å². The van der Waals surface area contributed by atoms with Crippen molar-refractivity contribution in [3.8, 4) is 0 Å². The minimum atomic E-state index is 0.766. The van der Waals surface area contributed by atoms with Gasteiger partial charge in [-0.05, 0) is 12.8 Å². The number of hydrogen-bond donors (Lipinski definition) is 2. The minimum Gasteiger partial charge on any atom is -0.366 e. The molecule has 1 aliphatic heterocycles. The van der Waals surface area contributed by atoms with E-state index in [2.05, 4.69) is 20.4 Å². The Morgan fingerprint density at radius 2 is 2.07 bits per heavy atom. The fourth-order valence-corrected chi connectivity index (χ4v) is 2.12. The summed E-state index contributed by atoms with van der Waals surface area (Å²) >= 11 is 0. The van der Waals surface area contributed by atoms with Crippen LogP contribution in [0.1, 0.15) is 24.5 Å². The van der Waals surface area contributed by atoms with E-state index in [0.29, 0.717) is 0 Å². The Morgan fingerprint density at radius 1 is 1.29 bits per heavy atom. The first kappa shape index (κ1) is 8.29. The fraction of sp³-hybridized carbons (Fsp3) is 0.700. The van der Waals surface area contributed by atoms with E-state index in [0.717, 1.165) is 32.1 Å². The lowest BCUT2D eigenvalue weighted by molar-refractivity contribution is 0.588. The van der Waals surface area contributed by atoms with Crippen molar-refractivity contribution in [3.05, 3.63) is 11.9 Å². The summed E-state index contributed by atoms with van der Waals surface area (Å²) in [6.45, 7) is 4.41. The van der Waals surface area contributed by atoms with Gasteiger partial charge in [-0.2, -0.15) is 5.10 Å². The summed E-state index contributed by atoms with van der Waals surface area (Å²) in [5, 5.41) is 10.7. The lowest BCUT2D eigenvalue weighted by Gasteiger charge is -2.29. The van der Waals surface area contributed by atoms with Crippen molar-refractivity contribution in [2.45, 2.75) is 18.8 Å². The van der Waals surface area contributed by atoms with Crippen LogP contribution < -0.4 is 10.2 Å². The zero-order chi connectivity index (χ0) is 9.38. The summed E-state index contributed by atoms with van der Waals surface area (Å²) in [7, 11) is 0. The third kappa shape index (κ3) is 1.39. The lowest BCUT2D eigenvalue weighted by Crippen LogP contribution is -2.43. The van der Waals surface area contributed by atoms with Gasteiger partial charge in [0.15, 0.2) is 0 Å². The Bertz CT molecular complexity index is 310. The molecule has 1 aliphatic carbocycles. The molecular weight excluding hydrogens is 176 g/mol. The minimum absolute atomic E-state index is 0.766. The van der Waals surface area contributed by atoms with Crippen molar-refractivity contribution in [2.75, 3.05) is 31.1 Å². The number of hydrogen-bond acceptors (Lipinski definition) is 3. The molecule has 0 atom stereocenters. The van der Waals surface area contributed by atoms with Gasteiger partial charge in [0.1, 0.15) is 0 Å². The molecule has 3 rings (SSSR count). The molecule has 2 heterocycles. The van der Waals surface area contributed by atoms with Crippen molar-refractivity contribution in [1.82, 2.24) is 15.5 Å². The van der Waals surface area contributed by atoms with E-state index >= 15 is 0 Å². The summed E-state index contributed by atoms with van der Waals surface area (Å²) in [5.74, 6) is 0.766. The Hall–Kier alpha value is -1.03. The molecule has 1 aromatic rings. The molecule has 0 amide bonds. The number of aromatic nitrogens is 2. The van der Waals surface area contributed by atoms with Crippen molar-refractivity contribution >= 4 is 5.69 Å². The first-order valence-corrected chi connectivity index (χ1v) is 5.44. The van der Waals surface area contributed by atoms with Crippen LogP contribution in [0.5, 0.6) is 0 Å². The third-order valence-corrected chi connectivity index (χ3v) is 3.09. The van der Waals surface area contributed by atoms with Crippen LogP contribution in [-0.4, -0.2) is 36.4 Å². The molecule has 0 unspecified atom stereocenters. The Labute approximate surface area is 83.7 Å². The van der Waals surface area contributed by atoms with E-state index < -0.39 is 0 Å². The number of anilines is 1. The summed E-state index contributed by atoms with van der Waals surface area (Å²) in [4.78, 5) is 2.44. The molecule has 0 bridgehead atoms. The quantitative estimate of drug-likeness (QED) is 0.725. The highest BCUT2D eigenvalue weighted by Crippen LogP contribution is 2.43. The van der Waals surface area contributed by atoms with E-state index in [9.17, 15) is 0 Å². The fourth-order valence-electron chi connectivity index (χ4n) is 2.12. The number of rotatable bonds is 2. The standard InChI is InChI=1S/C10H16N4/c1-2-8(1)10-9(7-12-13-10)14-5-3-11-4-6-14/h7-8,11H,1-6H2,(H,12,13). The lowest BCUT2D eigenvalue weighted by atomic mass is 10.2. The molecule has 2 fully saturated rings. The summed E-state index contributed by atoms with van der Waals surface area (Å²) in [5.41, 5.74) is 2.71. The van der Waals surface area contributed by atoms with Crippen LogP contribution in [0.3, 0.4) is 0 Å². The number of aromatic amines is 1. The molecule has 0 spiro atoms. The molecule has 2 N–H and O–H groups in total. The topological polar surface area (TPSA) is 44.0 Å². The highest BCUT2D eigenvalue weighted by Gasteiger charge is 2.29. The van der Waals surface area contributed by atoms with Crippen LogP contribution in [0.25, 0.3) is 0 Å². The van der Waals surface area contributed by atoms with Gasteiger partial charge in [0, 0.05) is 32.1 Å². The predicted octanol–water partition coefficient (Wildman–Crippen LogP) is 0.697. The molecular formula is C10H16N4. The molecule has 0 aromatic carbocycles. The second-order valence-corrected chi connectivity index (χ2v) is 4.18. The first-order chi connectivity index (χ1) is 6.95. The highest BCUT2D eigenvalue weighted by molar-refractivity contribution is 5.52. The Kier molecular flexibility index (Phi) is 1.94. The Balaban J connectivity index is 1.82. The van der Waals surface area contributed by atoms with Crippen molar-refractivity contribution in [3.63, 3.8) is 0 Å². The molecule has 14 heavy (non-hydrogen) atoms. The second-order valence-electron chi connectivity index (χ2n) is 4.18. The van der Waals surface area contributed by atoms with Gasteiger partial charge in [-0.3, -0.25) is 5.10 Å². The second kappa shape index (κ2) is 3.28. The van der Waals surface area contributed by atoms with Crippen LogP contribution in [-0.2, 0) is 0 Å². The zero-order valence-electron chi connectivity index (χ0n) is 8.29. The molecule has 4 nitrogen and oxygen atoms in total. The molecule has 2 aliphatic rings. The van der Waals surface area contributed by atoms with Gasteiger partial charge in [0.25, 0.3) is 0 Å². The van der Waals surface area contributed by atoms with Gasteiger partial charge in [0.2, 0.25) is 0 Å². The number of nitrogens with zero attached hydrogens (tertiary/aromatic N) is 2. The summed E-state index contributed by atoms with van der Waals surface area (Å²) in [6.07, 6.45) is 4.65. The first-order valence-electron chi connectivity index (χ1n) is 5.44. The average Bonchev–Trinajstić information content (AvgIpc) is 2.98. The maximum absolute atomic E-state index is 4.17. The molecule has 1 aromatic heterocycles. The zero-order valence-corrected chi connectivity index (χ0v) is 8.29. The summed E-state index contributed by atoms with van der Waals surface area (Å²) < 4.78 is 0. The Morgan fingerprint density at radius 3 is 2.79 bits per heavy atom. The number of nitrogens with one attached hydrogen (secondary N) is 2. The van der Waals surface area contributed by atoms with Gasteiger partial charge >= 0.3 is 0 Å². The van der Waals surface area contributed by atoms with E-state index in [1.807, 2.05) is 6.20 Å². The van der Waals surface area contributed by atoms with Crippen LogP contribution in [0.4, 0.5) is 5.69 Å². The normalized spacial score (nSPS) is 22.7. The molecule has 76 valence electrons. The monoisotopic (exact) mass is 192 g/mol. The predicted molar refractivity (Wildman–Crippen MR) is 55.6 cm³/mol. The SMILES string of the molecule is c1n[nH]c(C2CC2)c1N1CCNCC1. The van der Waals surface area contributed by atoms with Crippen LogP contribution in [0.15, 0.2) is 6.20 Å². The van der Waals surface area contributed by atoms with Crippen molar-refractivity contribution in [2.24, 2.45) is 0 Å². The van der Waals surface area contributed by atoms with Crippen molar-refractivity contribution < 1.29 is 0 Å². The maximum atomic E-state index is 4.17. The largest absolute Gasteiger partial charge is 0.366 e. The molecule has 1 saturated carbocycles. The van der Waals surface area contributed by atoms with E-state index in [1.165, 1.54) is 24.2 Å². The highest BCUT2D eigenvalue weighted by atomic mass is 15.2. The van der Waals surface area contributed by atoms with Crippen LogP contribution in [0.2, 0.25) is 0 Å². The van der Waals surface area contributed by atoms with E-state index in [-0.39, 0.29) is 0 Å². The number of piperazine rings is 1. The van der Waals surface area contributed by atoms with Gasteiger partial charge in [0.05, 0.1) is 17.6 Å². The van der Waals surface area contributed by atoms with Crippen LogP contribution in [0, 0.1) is 0 Å². The molecule has 0 radical (unpaired) electrons. The van der Waals surface area contributed by atoms with Gasteiger partial charge < -0.3 is 10.2 Å². The third-order valence-electron chi connectivity index (χ3n) is 3.09. The van der Waals surface area contributed by atoms with Crippen molar-refractivity contribution in [1.29, 1.82) is 0 Å².